The zero-order chi connectivity index (χ0) is 22.4. The fourth-order valence-corrected chi connectivity index (χ4v) is 5.34. The number of nitrogens with zero attached hydrogens (tertiary/aromatic N) is 1. The van der Waals surface area contributed by atoms with Crippen LogP contribution in [0.4, 0.5) is 0 Å². The fraction of sp³-hybridized carbons (Fsp3) is 0.346. The van der Waals surface area contributed by atoms with Gasteiger partial charge in [-0.15, -0.1) is 0 Å². The van der Waals surface area contributed by atoms with E-state index in [9.17, 15) is 14.9 Å². The van der Waals surface area contributed by atoms with Crippen LogP contribution in [0.25, 0.3) is 0 Å². The third-order valence-electron chi connectivity index (χ3n) is 6.87. The van der Waals surface area contributed by atoms with Gasteiger partial charge in [0.1, 0.15) is 23.1 Å². The fourth-order valence-electron chi connectivity index (χ4n) is 5.34. The highest BCUT2D eigenvalue weighted by Crippen LogP contribution is 2.55. The Morgan fingerprint density at radius 1 is 1.16 bits per heavy atom. The molecular formula is C26H25NO4. The minimum absolute atomic E-state index is 0.0453. The smallest absolute Gasteiger partial charge is 0.347 e. The molecular weight excluding hydrogens is 390 g/mol. The number of hydrogen-bond donors (Lipinski definition) is 0. The topological polar surface area (TPSA) is 76.4 Å². The van der Waals surface area contributed by atoms with Crippen molar-refractivity contribution in [1.82, 2.24) is 0 Å². The van der Waals surface area contributed by atoms with Gasteiger partial charge >= 0.3 is 5.97 Å². The Bertz CT molecular complexity index is 1140. The summed E-state index contributed by atoms with van der Waals surface area (Å²) < 4.78 is 11.1. The molecule has 0 bridgehead atoms. The quantitative estimate of drug-likeness (QED) is 0.532. The minimum atomic E-state index is -0.648. The summed E-state index contributed by atoms with van der Waals surface area (Å²) >= 11 is 0. The lowest BCUT2D eigenvalue weighted by Crippen LogP contribution is -2.51. The van der Waals surface area contributed by atoms with Crippen molar-refractivity contribution in [2.24, 2.45) is 11.3 Å². The van der Waals surface area contributed by atoms with Gasteiger partial charge < -0.3 is 9.47 Å². The maximum atomic E-state index is 12.9. The Labute approximate surface area is 182 Å². The van der Waals surface area contributed by atoms with Gasteiger partial charge in [-0.25, -0.2) is 4.79 Å². The number of fused-ring (bicyclic) bond motifs is 3. The van der Waals surface area contributed by atoms with Crippen LogP contribution in [-0.4, -0.2) is 18.9 Å². The van der Waals surface area contributed by atoms with Gasteiger partial charge in [-0.2, -0.15) is 5.26 Å². The summed E-state index contributed by atoms with van der Waals surface area (Å²) in [4.78, 5) is 25.7. The summed E-state index contributed by atoms with van der Waals surface area (Å²) in [5.74, 6) is 0.349. The Hall–Kier alpha value is -3.39. The van der Waals surface area contributed by atoms with Crippen LogP contribution < -0.4 is 9.47 Å². The second-order valence-electron chi connectivity index (χ2n) is 9.01. The average molecular weight is 415 g/mol. The van der Waals surface area contributed by atoms with E-state index in [4.69, 9.17) is 9.47 Å². The molecule has 0 saturated heterocycles. The SMILES string of the molecule is COc1cc2c(cc1C(=O)Oc1ccccc1)CC[C@H]1C(C)(C)C(=O)C(C#N)=C[C@]21C. The van der Waals surface area contributed by atoms with Gasteiger partial charge in [0.05, 0.1) is 12.7 Å². The van der Waals surface area contributed by atoms with Crippen LogP contribution in [0.3, 0.4) is 0 Å². The normalized spacial score (nSPS) is 23.6. The summed E-state index contributed by atoms with van der Waals surface area (Å²) in [5.41, 5.74) is 1.41. The molecule has 158 valence electrons. The Balaban J connectivity index is 1.82. The maximum absolute atomic E-state index is 12.9. The number of para-hydroxylation sites is 1. The van der Waals surface area contributed by atoms with Crippen LogP contribution in [0.1, 0.15) is 48.7 Å². The van der Waals surface area contributed by atoms with Gasteiger partial charge in [0.15, 0.2) is 5.78 Å². The zero-order valence-electron chi connectivity index (χ0n) is 18.2. The number of carbonyl (C=O) groups is 2. The standard InChI is InChI=1S/C26H25NO4/c1-25(2)22-11-10-16-12-19(24(29)31-18-8-6-5-7-9-18)21(30-4)13-20(16)26(22,3)14-17(15-27)23(25)28/h5-9,12-14,22H,10-11H2,1-4H3/t22-,26+/m0/s1. The molecule has 31 heavy (non-hydrogen) atoms. The van der Waals surface area contributed by atoms with Crippen LogP contribution >= 0.6 is 0 Å². The number of hydrogen-bond acceptors (Lipinski definition) is 5. The monoisotopic (exact) mass is 415 g/mol. The number of esters is 1. The van der Waals surface area contributed by atoms with Crippen LogP contribution in [0.5, 0.6) is 11.5 Å². The van der Waals surface area contributed by atoms with Crippen LogP contribution in [0, 0.1) is 22.7 Å². The minimum Gasteiger partial charge on any atom is -0.496 e. The third-order valence-corrected chi connectivity index (χ3v) is 6.87. The molecule has 2 aliphatic rings. The van der Waals surface area contributed by atoms with E-state index in [-0.39, 0.29) is 17.3 Å². The van der Waals surface area contributed by atoms with Gasteiger partial charge in [-0.1, -0.05) is 45.0 Å². The highest BCUT2D eigenvalue weighted by Gasteiger charge is 2.54. The first-order valence-electron chi connectivity index (χ1n) is 10.4. The van der Waals surface area contributed by atoms with Gasteiger partial charge in [0, 0.05) is 10.8 Å². The lowest BCUT2D eigenvalue weighted by Gasteiger charge is -2.51. The summed E-state index contributed by atoms with van der Waals surface area (Å²) in [6, 6.07) is 14.7. The number of ketones is 1. The van der Waals surface area contributed by atoms with Crippen LogP contribution in [0.2, 0.25) is 0 Å². The molecule has 0 radical (unpaired) electrons. The van der Waals surface area contributed by atoms with E-state index in [1.54, 1.807) is 24.3 Å². The molecule has 0 aromatic heterocycles. The molecule has 2 aliphatic carbocycles. The van der Waals surface area contributed by atoms with Gasteiger partial charge in [0.2, 0.25) is 0 Å². The van der Waals surface area contributed by atoms with E-state index in [1.807, 2.05) is 38.1 Å². The number of ether oxygens (including phenoxy) is 2. The summed E-state index contributed by atoms with van der Waals surface area (Å²) in [5, 5.41) is 9.58. The molecule has 2 aromatic rings. The highest BCUT2D eigenvalue weighted by atomic mass is 16.5. The first-order chi connectivity index (χ1) is 14.7. The summed E-state index contributed by atoms with van der Waals surface area (Å²) in [6.45, 7) is 5.93. The van der Waals surface area contributed by atoms with Crippen LogP contribution in [0.15, 0.2) is 54.1 Å². The third kappa shape index (κ3) is 3.23. The average Bonchev–Trinajstić information content (AvgIpc) is 2.76. The van der Waals surface area contributed by atoms with Crippen molar-refractivity contribution in [2.75, 3.05) is 7.11 Å². The maximum Gasteiger partial charge on any atom is 0.347 e. The van der Waals surface area contributed by atoms with E-state index in [2.05, 4.69) is 13.0 Å². The number of allylic oxidation sites excluding steroid dienone is 2. The highest BCUT2D eigenvalue weighted by molar-refractivity contribution is 6.04. The molecule has 0 fully saturated rings. The first-order valence-corrected chi connectivity index (χ1v) is 10.4. The van der Waals surface area contributed by atoms with Gasteiger partial charge in [0.25, 0.3) is 0 Å². The molecule has 0 spiro atoms. The number of aryl methyl sites for hydroxylation is 1. The van der Waals surface area contributed by atoms with Crippen molar-refractivity contribution in [3.63, 3.8) is 0 Å². The molecule has 5 heteroatoms. The second kappa shape index (κ2) is 7.39. The second-order valence-corrected chi connectivity index (χ2v) is 9.01. The molecule has 5 nitrogen and oxygen atoms in total. The number of benzene rings is 2. The van der Waals surface area contributed by atoms with Crippen molar-refractivity contribution in [3.05, 3.63) is 70.8 Å². The molecule has 4 rings (SSSR count). The molecule has 0 unspecified atom stereocenters. The van der Waals surface area contributed by atoms with Crippen LogP contribution in [-0.2, 0) is 16.6 Å². The first kappa shape index (κ1) is 20.9. The Kier molecular flexibility index (Phi) is 4.97. The van der Waals surface area contributed by atoms with E-state index in [0.717, 1.165) is 24.0 Å². The van der Waals surface area contributed by atoms with Crippen molar-refractivity contribution in [3.8, 4) is 17.6 Å². The predicted molar refractivity (Wildman–Crippen MR) is 116 cm³/mol. The lowest BCUT2D eigenvalue weighted by atomic mass is 9.51. The molecule has 0 saturated carbocycles. The number of rotatable bonds is 3. The number of Topliss-reactive ketones (excluding diaryl/α,β-unsaturated/α-hetero) is 1. The van der Waals surface area contributed by atoms with Crippen molar-refractivity contribution in [1.29, 1.82) is 5.26 Å². The lowest BCUT2D eigenvalue weighted by molar-refractivity contribution is -0.128. The Morgan fingerprint density at radius 2 is 1.87 bits per heavy atom. The molecule has 2 aromatic carbocycles. The molecule has 2 atom stereocenters. The predicted octanol–water partition coefficient (Wildman–Crippen LogP) is 4.79. The molecule has 0 heterocycles. The van der Waals surface area contributed by atoms with E-state index < -0.39 is 16.8 Å². The molecule has 0 amide bonds. The Morgan fingerprint density at radius 3 is 2.52 bits per heavy atom. The number of methoxy groups -OCH3 is 1. The summed E-state index contributed by atoms with van der Waals surface area (Å²) in [7, 11) is 1.52. The zero-order valence-corrected chi connectivity index (χ0v) is 18.2. The van der Waals surface area contributed by atoms with Crippen molar-refractivity contribution < 1.29 is 19.1 Å². The number of carbonyl (C=O) groups excluding carboxylic acids is 2. The van der Waals surface area contributed by atoms with Crippen molar-refractivity contribution in [2.45, 2.75) is 39.0 Å². The van der Waals surface area contributed by atoms with Gasteiger partial charge in [-0.3, -0.25) is 4.79 Å². The van der Waals surface area contributed by atoms with Crippen molar-refractivity contribution >= 4 is 11.8 Å². The van der Waals surface area contributed by atoms with Gasteiger partial charge in [-0.05, 0) is 54.2 Å². The molecule has 0 aliphatic heterocycles. The largest absolute Gasteiger partial charge is 0.496 e. The van der Waals surface area contributed by atoms with E-state index in [0.29, 0.717) is 17.1 Å². The van der Waals surface area contributed by atoms with E-state index in [1.165, 1.54) is 7.11 Å². The molecule has 0 N–H and O–H groups in total. The number of nitriles is 1. The van der Waals surface area contributed by atoms with E-state index >= 15 is 0 Å². The summed E-state index contributed by atoms with van der Waals surface area (Å²) in [6.07, 6.45) is 3.33.